The van der Waals surface area contributed by atoms with Gasteiger partial charge in [0.2, 0.25) is 10.0 Å². The van der Waals surface area contributed by atoms with Crippen LogP contribution in [-0.2, 0) is 19.6 Å². The third kappa shape index (κ3) is 2.91. The molecule has 1 heterocycles. The van der Waals surface area contributed by atoms with Crippen LogP contribution >= 0.6 is 0 Å². The highest BCUT2D eigenvalue weighted by molar-refractivity contribution is 7.89. The van der Waals surface area contributed by atoms with Crippen molar-refractivity contribution in [2.75, 3.05) is 19.7 Å². The second-order valence-corrected chi connectivity index (χ2v) is 6.50. The molecule has 1 aliphatic rings. The predicted octanol–water partition coefficient (Wildman–Crippen LogP) is 1.49. The van der Waals surface area contributed by atoms with Gasteiger partial charge < -0.3 is 4.74 Å². The molecule has 0 fully saturated rings. The maximum Gasteiger partial charge on any atom is 0.335 e. The Balaban J connectivity index is 2.14. The number of benzene rings is 1. The van der Waals surface area contributed by atoms with Crippen LogP contribution in [0.2, 0.25) is 0 Å². The molecule has 0 radical (unpaired) electrons. The van der Waals surface area contributed by atoms with E-state index in [2.05, 4.69) is 0 Å². The van der Waals surface area contributed by atoms with Gasteiger partial charge in [-0.25, -0.2) is 13.2 Å². The zero-order valence-corrected chi connectivity index (χ0v) is 12.3. The lowest BCUT2D eigenvalue weighted by Crippen LogP contribution is -2.30. The summed E-state index contributed by atoms with van der Waals surface area (Å²) >= 11 is 0. The monoisotopic (exact) mass is 295 g/mol. The lowest BCUT2D eigenvalue weighted by Gasteiger charge is -2.16. The average Bonchev–Trinajstić information content (AvgIpc) is 2.90. The first kappa shape index (κ1) is 14.7. The second kappa shape index (κ2) is 5.76. The standard InChI is InChI=1S/C14H17NO4S/c1-3-19-14(16)12-8-9-15(10-12)20(17,18)13-6-4-11(2)5-7-13/h4-8H,3,9-10H2,1-2H3. The number of hydrogen-bond donors (Lipinski definition) is 0. The Labute approximate surface area is 118 Å². The minimum absolute atomic E-state index is 0.0645. The van der Waals surface area contributed by atoms with Crippen LogP contribution < -0.4 is 0 Å². The van der Waals surface area contributed by atoms with Crippen LogP contribution in [0.3, 0.4) is 0 Å². The average molecular weight is 295 g/mol. The number of rotatable bonds is 4. The number of sulfonamides is 1. The molecule has 0 aromatic heterocycles. The molecule has 0 saturated carbocycles. The summed E-state index contributed by atoms with van der Waals surface area (Å²) < 4.78 is 31.0. The van der Waals surface area contributed by atoms with Crippen LogP contribution in [-0.4, -0.2) is 38.4 Å². The third-order valence-electron chi connectivity index (χ3n) is 3.08. The van der Waals surface area contributed by atoms with E-state index in [0.717, 1.165) is 5.56 Å². The topological polar surface area (TPSA) is 63.7 Å². The number of esters is 1. The molecular weight excluding hydrogens is 278 g/mol. The van der Waals surface area contributed by atoms with Crippen molar-refractivity contribution in [3.05, 3.63) is 41.5 Å². The van der Waals surface area contributed by atoms with E-state index < -0.39 is 16.0 Å². The fraction of sp³-hybridized carbons (Fsp3) is 0.357. The lowest BCUT2D eigenvalue weighted by molar-refractivity contribution is -0.138. The molecule has 108 valence electrons. The van der Waals surface area contributed by atoms with Gasteiger partial charge in [0.25, 0.3) is 0 Å². The van der Waals surface area contributed by atoms with Gasteiger partial charge in [0.05, 0.1) is 11.5 Å². The van der Waals surface area contributed by atoms with Gasteiger partial charge in [-0.3, -0.25) is 0 Å². The number of nitrogens with zero attached hydrogens (tertiary/aromatic N) is 1. The van der Waals surface area contributed by atoms with Crippen LogP contribution in [0.1, 0.15) is 12.5 Å². The van der Waals surface area contributed by atoms with Gasteiger partial charge >= 0.3 is 5.97 Å². The van der Waals surface area contributed by atoms with Crippen molar-refractivity contribution in [2.45, 2.75) is 18.7 Å². The zero-order chi connectivity index (χ0) is 14.8. The van der Waals surface area contributed by atoms with E-state index >= 15 is 0 Å². The van der Waals surface area contributed by atoms with E-state index in [1.165, 1.54) is 4.31 Å². The second-order valence-electron chi connectivity index (χ2n) is 4.56. The molecule has 0 aliphatic carbocycles. The van der Waals surface area contributed by atoms with Crippen LogP contribution in [0.5, 0.6) is 0 Å². The highest BCUT2D eigenvalue weighted by Crippen LogP contribution is 2.21. The Bertz CT molecular complexity index is 632. The van der Waals surface area contributed by atoms with Gasteiger partial charge in [0.15, 0.2) is 0 Å². The minimum Gasteiger partial charge on any atom is -0.463 e. The Morgan fingerprint density at radius 2 is 1.95 bits per heavy atom. The summed E-state index contributed by atoms with van der Waals surface area (Å²) in [6.45, 7) is 4.15. The van der Waals surface area contributed by atoms with Crippen LogP contribution in [0.15, 0.2) is 40.8 Å². The number of hydrogen-bond acceptors (Lipinski definition) is 4. The largest absolute Gasteiger partial charge is 0.463 e. The van der Waals surface area contributed by atoms with Crippen molar-refractivity contribution in [3.63, 3.8) is 0 Å². The van der Waals surface area contributed by atoms with Crippen molar-refractivity contribution >= 4 is 16.0 Å². The normalized spacial score (nSPS) is 16.0. The highest BCUT2D eigenvalue weighted by atomic mass is 32.2. The maximum absolute atomic E-state index is 12.4. The van der Waals surface area contributed by atoms with Crippen LogP contribution in [0, 0.1) is 6.92 Å². The summed E-state index contributed by atoms with van der Waals surface area (Å²) in [6.07, 6.45) is 1.60. The van der Waals surface area contributed by atoms with Gasteiger partial charge in [-0.2, -0.15) is 4.31 Å². The first-order chi connectivity index (χ1) is 9.45. The van der Waals surface area contributed by atoms with Crippen LogP contribution in [0.4, 0.5) is 0 Å². The molecule has 0 N–H and O–H groups in total. The van der Waals surface area contributed by atoms with Gasteiger partial charge in [-0.1, -0.05) is 23.8 Å². The zero-order valence-electron chi connectivity index (χ0n) is 11.5. The van der Waals surface area contributed by atoms with Gasteiger partial charge in [-0.15, -0.1) is 0 Å². The Morgan fingerprint density at radius 3 is 2.55 bits per heavy atom. The molecule has 0 saturated heterocycles. The number of carbonyl (C=O) groups excluding carboxylic acids is 1. The molecule has 5 nitrogen and oxygen atoms in total. The molecule has 0 spiro atoms. The Kier molecular flexibility index (Phi) is 4.25. The minimum atomic E-state index is -3.56. The van der Waals surface area contributed by atoms with E-state index in [1.54, 1.807) is 37.3 Å². The molecule has 1 aliphatic heterocycles. The maximum atomic E-state index is 12.4. The quantitative estimate of drug-likeness (QED) is 0.789. The molecular formula is C14H17NO4S. The number of aryl methyl sites for hydroxylation is 1. The van der Waals surface area contributed by atoms with Gasteiger partial charge in [0, 0.05) is 18.7 Å². The predicted molar refractivity (Wildman–Crippen MR) is 74.7 cm³/mol. The lowest BCUT2D eigenvalue weighted by atomic mass is 10.2. The van der Waals surface area contributed by atoms with Gasteiger partial charge in [-0.05, 0) is 26.0 Å². The summed E-state index contributed by atoms with van der Waals surface area (Å²) in [5.74, 6) is -0.450. The van der Waals surface area contributed by atoms with Crippen molar-refractivity contribution in [2.24, 2.45) is 0 Å². The van der Waals surface area contributed by atoms with Crippen LogP contribution in [0.25, 0.3) is 0 Å². The van der Waals surface area contributed by atoms with E-state index in [9.17, 15) is 13.2 Å². The highest BCUT2D eigenvalue weighted by Gasteiger charge is 2.30. The number of carbonyl (C=O) groups is 1. The van der Waals surface area contributed by atoms with Crippen molar-refractivity contribution in [3.8, 4) is 0 Å². The third-order valence-corrected chi connectivity index (χ3v) is 4.91. The molecule has 0 amide bonds. The molecule has 1 aromatic carbocycles. The fourth-order valence-electron chi connectivity index (χ4n) is 1.95. The molecule has 2 rings (SSSR count). The summed E-state index contributed by atoms with van der Waals surface area (Å²) in [6, 6.07) is 6.66. The SMILES string of the molecule is CCOC(=O)C1=CCN(S(=O)(=O)c2ccc(C)cc2)C1. The summed E-state index contributed by atoms with van der Waals surface area (Å²) in [4.78, 5) is 11.8. The number of ether oxygens (including phenoxy) is 1. The van der Waals surface area contributed by atoms with Crippen molar-refractivity contribution < 1.29 is 17.9 Å². The summed E-state index contributed by atoms with van der Waals surface area (Å²) in [5.41, 5.74) is 1.39. The summed E-state index contributed by atoms with van der Waals surface area (Å²) in [7, 11) is -3.56. The molecule has 0 unspecified atom stereocenters. The van der Waals surface area contributed by atoms with E-state index in [1.807, 2.05) is 6.92 Å². The fourth-order valence-corrected chi connectivity index (χ4v) is 3.30. The van der Waals surface area contributed by atoms with Crippen molar-refractivity contribution in [1.82, 2.24) is 4.31 Å². The van der Waals surface area contributed by atoms with E-state index in [-0.39, 0.29) is 24.6 Å². The van der Waals surface area contributed by atoms with E-state index in [0.29, 0.717) is 5.57 Å². The van der Waals surface area contributed by atoms with Crippen molar-refractivity contribution in [1.29, 1.82) is 0 Å². The molecule has 6 heteroatoms. The molecule has 20 heavy (non-hydrogen) atoms. The summed E-state index contributed by atoms with van der Waals surface area (Å²) in [5, 5.41) is 0. The molecule has 0 atom stereocenters. The van der Waals surface area contributed by atoms with E-state index in [4.69, 9.17) is 4.74 Å². The first-order valence-corrected chi connectivity index (χ1v) is 7.82. The molecule has 0 bridgehead atoms. The Morgan fingerprint density at radius 1 is 1.30 bits per heavy atom. The molecule has 1 aromatic rings. The van der Waals surface area contributed by atoms with Gasteiger partial charge in [0.1, 0.15) is 0 Å². The first-order valence-electron chi connectivity index (χ1n) is 6.38. The smallest absolute Gasteiger partial charge is 0.335 e. The Hall–Kier alpha value is -1.66.